The summed E-state index contributed by atoms with van der Waals surface area (Å²) >= 11 is 7.77. The molecule has 2 aromatic rings. The molecule has 2 bridgehead atoms. The monoisotopic (exact) mass is 603 g/mol. The van der Waals surface area contributed by atoms with E-state index in [0.717, 1.165) is 49.7 Å². The van der Waals surface area contributed by atoms with Crippen molar-refractivity contribution in [3.8, 4) is 5.75 Å². The van der Waals surface area contributed by atoms with Gasteiger partial charge in [-0.2, -0.15) is 0 Å². The van der Waals surface area contributed by atoms with Crippen LogP contribution >= 0.6 is 23.5 Å². The minimum Gasteiger partial charge on any atom is -0.462 e. The second-order valence-corrected chi connectivity index (χ2v) is 12.3. The number of piperazine rings is 1. The quantitative estimate of drug-likeness (QED) is 0.176. The van der Waals surface area contributed by atoms with E-state index in [9.17, 15) is 9.18 Å². The summed E-state index contributed by atoms with van der Waals surface area (Å²) in [6.07, 6.45) is 7.86. The molecule has 1 amide bonds. The summed E-state index contributed by atoms with van der Waals surface area (Å²) in [6, 6.07) is 7.34. The Morgan fingerprint density at radius 1 is 1.12 bits per heavy atom. The normalized spacial score (nSPS) is 21.8. The summed E-state index contributed by atoms with van der Waals surface area (Å²) in [5.41, 5.74) is 2.26. The molecule has 6 nitrogen and oxygen atoms in total. The number of anilines is 1. The van der Waals surface area contributed by atoms with Gasteiger partial charge in [-0.1, -0.05) is 30.3 Å². The maximum Gasteiger partial charge on any atom is 0.255 e. The van der Waals surface area contributed by atoms with E-state index in [1.165, 1.54) is 30.9 Å². The minimum atomic E-state index is -0.483. The van der Waals surface area contributed by atoms with Crippen LogP contribution in [0.4, 0.5) is 14.5 Å². The number of piperidine rings is 1. The van der Waals surface area contributed by atoms with E-state index in [-0.39, 0.29) is 41.1 Å². The molecule has 3 saturated heterocycles. The van der Waals surface area contributed by atoms with Gasteiger partial charge in [0.1, 0.15) is 5.82 Å². The van der Waals surface area contributed by atoms with Crippen LogP contribution in [0.15, 0.2) is 59.5 Å². The zero-order valence-electron chi connectivity index (χ0n) is 23.5. The molecule has 0 spiro atoms. The first-order chi connectivity index (χ1) is 19.8. The molecule has 220 valence electrons. The Morgan fingerprint density at radius 3 is 2.44 bits per heavy atom. The first-order valence-electron chi connectivity index (χ1n) is 14.0. The van der Waals surface area contributed by atoms with Crippen molar-refractivity contribution in [2.24, 2.45) is 5.92 Å². The molecular formula is C31H36ClF2N3O3S. The Morgan fingerprint density at radius 2 is 1.83 bits per heavy atom. The average Bonchev–Trinajstić information content (AvgIpc) is 3.22. The van der Waals surface area contributed by atoms with Crippen LogP contribution in [0.1, 0.15) is 43.0 Å². The predicted molar refractivity (Wildman–Crippen MR) is 160 cm³/mol. The lowest BCUT2D eigenvalue weighted by molar-refractivity contribution is 0.0483. The van der Waals surface area contributed by atoms with Crippen LogP contribution < -0.4 is 9.64 Å². The van der Waals surface area contributed by atoms with Gasteiger partial charge < -0.3 is 19.3 Å². The molecule has 10 heteroatoms. The first-order valence-corrected chi connectivity index (χ1v) is 15.2. The molecule has 2 unspecified atom stereocenters. The topological polar surface area (TPSA) is 45.3 Å². The van der Waals surface area contributed by atoms with Gasteiger partial charge in [-0.25, -0.2) is 13.1 Å². The number of ether oxygens (including phenoxy) is 2. The molecule has 0 aliphatic carbocycles. The Balaban J connectivity index is 1.35. The maximum atomic E-state index is 15.6. The van der Waals surface area contributed by atoms with E-state index in [4.69, 9.17) is 21.1 Å². The van der Waals surface area contributed by atoms with Crippen LogP contribution in [0, 0.1) is 17.6 Å². The third-order valence-electron chi connectivity index (χ3n) is 8.26. The van der Waals surface area contributed by atoms with E-state index >= 15 is 4.39 Å². The molecule has 0 saturated carbocycles. The van der Waals surface area contributed by atoms with Gasteiger partial charge >= 0.3 is 0 Å². The number of rotatable bonds is 9. The number of methoxy groups -OCH3 is 1. The van der Waals surface area contributed by atoms with E-state index in [2.05, 4.69) is 28.8 Å². The van der Waals surface area contributed by atoms with Gasteiger partial charge in [0.05, 0.1) is 16.3 Å². The largest absolute Gasteiger partial charge is 0.462 e. The predicted octanol–water partition coefficient (Wildman–Crippen LogP) is 6.95. The number of fused-ring (bicyclic) bond motifs is 2. The van der Waals surface area contributed by atoms with E-state index < -0.39 is 11.6 Å². The van der Waals surface area contributed by atoms with Crippen molar-refractivity contribution in [3.63, 3.8) is 0 Å². The molecule has 0 N–H and O–H groups in total. The van der Waals surface area contributed by atoms with Crippen LogP contribution in [0.25, 0.3) is 0 Å². The second kappa shape index (κ2) is 13.2. The Bertz CT molecular complexity index is 1300. The number of carbonyl (C=O) groups is 1. The zero-order chi connectivity index (χ0) is 29.1. The Labute approximate surface area is 250 Å². The third-order valence-corrected chi connectivity index (χ3v) is 9.64. The first kappa shape index (κ1) is 29.9. The number of amides is 1. The highest BCUT2D eigenvalue weighted by molar-refractivity contribution is 7.97. The highest BCUT2D eigenvalue weighted by Gasteiger charge is 2.43. The van der Waals surface area contributed by atoms with Crippen LogP contribution in [0.3, 0.4) is 0 Å². The molecule has 2 atom stereocenters. The number of halogens is 3. The maximum absolute atomic E-state index is 15.6. The number of allylic oxidation sites excluding steroid dienone is 3. The Hall–Kier alpha value is -2.59. The standard InChI is InChI=1S/C31H36ClF2N3O3S/c1-4-20(5-2)21-10-12-36(13-11-21)41-25-15-28(34)30(40-19-39-3)29(16-25)37-23-7-8-24(37)18-35(17-23)31(38)26-9-6-22(33)14-27(26)32/h4-6,9,14-16,21,23-24H,1,7-8,10-13,17-19H2,2-3H3/b20-5+. The number of hydrogen-bond donors (Lipinski definition) is 0. The number of carbonyl (C=O) groups excluding carboxylic acids is 1. The molecule has 41 heavy (non-hydrogen) atoms. The SMILES string of the molecule is C=C/C(=C\C)C1CCN(Sc2cc(F)c(OCOC)c(N3C4CCC3CN(C(=O)c3ccc(F)cc3Cl)C4)c2)CC1. The highest BCUT2D eigenvalue weighted by atomic mass is 35.5. The van der Waals surface area contributed by atoms with Gasteiger partial charge in [-0.3, -0.25) is 4.79 Å². The fraction of sp³-hybridized carbons (Fsp3) is 0.452. The van der Waals surface area contributed by atoms with Crippen LogP contribution in [0.5, 0.6) is 5.75 Å². The zero-order valence-corrected chi connectivity index (χ0v) is 25.0. The third kappa shape index (κ3) is 6.43. The van der Waals surface area contributed by atoms with Gasteiger partial charge in [-0.05, 0) is 86.4 Å². The lowest BCUT2D eigenvalue weighted by atomic mass is 9.90. The van der Waals surface area contributed by atoms with Gasteiger partial charge in [0.25, 0.3) is 5.91 Å². The number of benzene rings is 2. The number of nitrogens with zero attached hydrogens (tertiary/aromatic N) is 3. The average molecular weight is 604 g/mol. The fourth-order valence-corrected chi connectivity index (χ4v) is 7.57. The van der Waals surface area contributed by atoms with Crippen molar-refractivity contribution in [2.45, 2.75) is 49.6 Å². The molecular weight excluding hydrogens is 568 g/mol. The van der Waals surface area contributed by atoms with Crippen LogP contribution in [-0.2, 0) is 4.74 Å². The van der Waals surface area contributed by atoms with Crippen molar-refractivity contribution in [3.05, 3.63) is 76.9 Å². The van der Waals surface area contributed by atoms with Crippen LogP contribution in [-0.4, -0.2) is 67.3 Å². The van der Waals surface area contributed by atoms with E-state index in [1.807, 2.05) is 12.1 Å². The molecule has 2 aromatic carbocycles. The molecule has 0 radical (unpaired) electrons. The summed E-state index contributed by atoms with van der Waals surface area (Å²) in [5, 5.41) is 0.0993. The molecule has 5 rings (SSSR count). The van der Waals surface area contributed by atoms with E-state index in [0.29, 0.717) is 24.7 Å². The highest BCUT2D eigenvalue weighted by Crippen LogP contribution is 2.44. The summed E-state index contributed by atoms with van der Waals surface area (Å²) < 4.78 is 42.3. The smallest absolute Gasteiger partial charge is 0.255 e. The van der Waals surface area contributed by atoms with Crippen molar-refractivity contribution in [2.75, 3.05) is 45.0 Å². The number of hydrogen-bond acceptors (Lipinski definition) is 6. The molecule has 3 aliphatic rings. The van der Waals surface area contributed by atoms with Gasteiger partial charge in [0.2, 0.25) is 0 Å². The second-order valence-electron chi connectivity index (χ2n) is 10.7. The van der Waals surface area contributed by atoms with Crippen LogP contribution in [0.2, 0.25) is 5.02 Å². The number of likely N-dealkylation sites (tertiary alicyclic amines) is 1. The molecule has 3 fully saturated rings. The Kier molecular flexibility index (Phi) is 9.59. The summed E-state index contributed by atoms with van der Waals surface area (Å²) in [4.78, 5) is 18.1. The lowest BCUT2D eigenvalue weighted by Crippen LogP contribution is -2.55. The van der Waals surface area contributed by atoms with Crippen molar-refractivity contribution < 1.29 is 23.0 Å². The van der Waals surface area contributed by atoms with Gasteiger partial charge in [-0.15, -0.1) is 0 Å². The summed E-state index contributed by atoms with van der Waals surface area (Å²) in [5.74, 6) is -0.471. The van der Waals surface area contributed by atoms with Crippen molar-refractivity contribution in [1.82, 2.24) is 9.21 Å². The minimum absolute atomic E-state index is 0.0182. The fourth-order valence-electron chi connectivity index (χ4n) is 6.31. The van der Waals surface area contributed by atoms with Crippen molar-refractivity contribution >= 4 is 35.1 Å². The summed E-state index contributed by atoms with van der Waals surface area (Å²) in [6.45, 7) is 8.63. The molecule has 0 aromatic heterocycles. The van der Waals surface area contributed by atoms with Crippen molar-refractivity contribution in [1.29, 1.82) is 0 Å². The van der Waals surface area contributed by atoms with Gasteiger partial charge in [0.15, 0.2) is 18.4 Å². The summed E-state index contributed by atoms with van der Waals surface area (Å²) in [7, 11) is 1.51. The molecule has 3 heterocycles. The lowest BCUT2D eigenvalue weighted by Gasteiger charge is -2.43. The van der Waals surface area contributed by atoms with Gasteiger partial charge in [0, 0.05) is 50.3 Å². The molecule has 3 aliphatic heterocycles. The van der Waals surface area contributed by atoms with E-state index in [1.54, 1.807) is 16.8 Å².